The molecule has 4 nitrogen and oxygen atoms in total. The van der Waals surface area contributed by atoms with E-state index in [-0.39, 0.29) is 17.5 Å². The van der Waals surface area contributed by atoms with Gasteiger partial charge in [0.2, 0.25) is 0 Å². The zero-order valence-electron chi connectivity index (χ0n) is 20.6. The Balaban J connectivity index is 1.23. The second-order valence-electron chi connectivity index (χ2n) is 11.9. The standard InChI is InChI=1S/C29H40O4/c1-19(27(31)32-18-20-7-5-4-6-8-20)33-26-12-11-24-23-10-9-21-17-22(30)13-15-28(21,2)25(23)14-16-29(24,26)3/h4-8,19,21,23-26H,9-18H2,1-3H3/t19?,21-,23?,24-,25?,26?,28?,29?/m0/s1. The highest BCUT2D eigenvalue weighted by Crippen LogP contribution is 2.66. The van der Waals surface area contributed by atoms with E-state index in [9.17, 15) is 9.59 Å². The highest BCUT2D eigenvalue weighted by atomic mass is 16.6. The molecule has 0 saturated heterocycles. The first-order valence-electron chi connectivity index (χ1n) is 13.2. The van der Waals surface area contributed by atoms with Gasteiger partial charge in [0.25, 0.3) is 0 Å². The van der Waals surface area contributed by atoms with Crippen molar-refractivity contribution in [2.45, 2.75) is 97.4 Å². The van der Waals surface area contributed by atoms with Gasteiger partial charge in [-0.15, -0.1) is 0 Å². The van der Waals surface area contributed by atoms with Crippen LogP contribution in [0.2, 0.25) is 0 Å². The second-order valence-corrected chi connectivity index (χ2v) is 11.9. The van der Waals surface area contributed by atoms with Gasteiger partial charge >= 0.3 is 5.97 Å². The van der Waals surface area contributed by atoms with Gasteiger partial charge in [0.05, 0.1) is 6.10 Å². The molecular formula is C29H40O4. The summed E-state index contributed by atoms with van der Waals surface area (Å²) < 4.78 is 12.0. The first kappa shape index (κ1) is 23.1. The Morgan fingerprint density at radius 2 is 1.76 bits per heavy atom. The highest BCUT2D eigenvalue weighted by Gasteiger charge is 2.60. The Morgan fingerprint density at radius 3 is 2.55 bits per heavy atom. The molecule has 4 fully saturated rings. The minimum Gasteiger partial charge on any atom is -0.459 e. The predicted molar refractivity (Wildman–Crippen MR) is 127 cm³/mol. The summed E-state index contributed by atoms with van der Waals surface area (Å²) in [6, 6.07) is 9.81. The fraction of sp³-hybridized carbons (Fsp3) is 0.724. The number of ketones is 1. The molecule has 5 rings (SSSR count). The number of fused-ring (bicyclic) bond motifs is 5. The van der Waals surface area contributed by atoms with Gasteiger partial charge in [-0.3, -0.25) is 4.79 Å². The minimum atomic E-state index is -0.537. The Bertz CT molecular complexity index is 881. The Kier molecular flexibility index (Phi) is 6.18. The number of Topliss-reactive ketones (excluding diaryl/α,β-unsaturated/α-hetero) is 1. The summed E-state index contributed by atoms with van der Waals surface area (Å²) >= 11 is 0. The highest BCUT2D eigenvalue weighted by molar-refractivity contribution is 5.79. The molecule has 0 amide bonds. The minimum absolute atomic E-state index is 0.126. The molecule has 1 aromatic carbocycles. The van der Waals surface area contributed by atoms with Crippen molar-refractivity contribution in [1.82, 2.24) is 0 Å². The zero-order valence-corrected chi connectivity index (χ0v) is 20.6. The Hall–Kier alpha value is -1.68. The van der Waals surface area contributed by atoms with Crippen molar-refractivity contribution in [2.24, 2.45) is 34.5 Å². The molecule has 4 aliphatic carbocycles. The van der Waals surface area contributed by atoms with E-state index in [4.69, 9.17) is 9.47 Å². The lowest BCUT2D eigenvalue weighted by atomic mass is 9.45. The van der Waals surface area contributed by atoms with E-state index >= 15 is 0 Å². The van der Waals surface area contributed by atoms with Crippen LogP contribution in [0, 0.1) is 34.5 Å². The van der Waals surface area contributed by atoms with E-state index in [2.05, 4.69) is 13.8 Å². The molecule has 6 unspecified atom stereocenters. The molecule has 0 radical (unpaired) electrons. The summed E-state index contributed by atoms with van der Waals surface area (Å²) in [5.41, 5.74) is 1.48. The van der Waals surface area contributed by atoms with Crippen LogP contribution < -0.4 is 0 Å². The molecule has 0 N–H and O–H groups in total. The van der Waals surface area contributed by atoms with Crippen molar-refractivity contribution in [3.63, 3.8) is 0 Å². The molecule has 0 heterocycles. The summed E-state index contributed by atoms with van der Waals surface area (Å²) in [4.78, 5) is 24.8. The van der Waals surface area contributed by atoms with Gasteiger partial charge in [-0.25, -0.2) is 4.79 Å². The van der Waals surface area contributed by atoms with Crippen LogP contribution in [0.5, 0.6) is 0 Å². The summed E-state index contributed by atoms with van der Waals surface area (Å²) in [6.07, 6.45) is 9.41. The second kappa shape index (κ2) is 8.83. The van der Waals surface area contributed by atoms with Crippen molar-refractivity contribution in [3.8, 4) is 0 Å². The first-order valence-corrected chi connectivity index (χ1v) is 13.2. The van der Waals surface area contributed by atoms with E-state index in [0.717, 1.165) is 43.1 Å². The fourth-order valence-electron chi connectivity index (χ4n) is 8.37. The molecule has 4 aliphatic rings. The molecule has 0 aromatic heterocycles. The van der Waals surface area contributed by atoms with Gasteiger partial charge in [0.1, 0.15) is 12.4 Å². The quantitative estimate of drug-likeness (QED) is 0.505. The SMILES string of the molecule is CC(OC1CC[C@H]2C3CC[C@H]4CC(=O)CCC4(C)C3CCC12C)C(=O)OCc1ccccc1. The molecular weight excluding hydrogens is 412 g/mol. The molecule has 0 aliphatic heterocycles. The topological polar surface area (TPSA) is 52.6 Å². The lowest BCUT2D eigenvalue weighted by Crippen LogP contribution is -2.54. The smallest absolute Gasteiger partial charge is 0.335 e. The molecule has 0 spiro atoms. The van der Waals surface area contributed by atoms with E-state index in [1.165, 1.54) is 32.1 Å². The number of carbonyl (C=O) groups is 2. The number of carbonyl (C=O) groups excluding carboxylic acids is 2. The third kappa shape index (κ3) is 4.07. The maximum atomic E-state index is 12.6. The van der Waals surface area contributed by atoms with E-state index in [1.54, 1.807) is 0 Å². The van der Waals surface area contributed by atoms with Gasteiger partial charge < -0.3 is 9.47 Å². The van der Waals surface area contributed by atoms with E-state index in [0.29, 0.717) is 29.6 Å². The fourth-order valence-corrected chi connectivity index (χ4v) is 8.37. The number of ether oxygens (including phenoxy) is 2. The summed E-state index contributed by atoms with van der Waals surface area (Å²) in [5.74, 6) is 2.97. The summed E-state index contributed by atoms with van der Waals surface area (Å²) in [7, 11) is 0. The maximum Gasteiger partial charge on any atom is 0.335 e. The number of hydrogen-bond donors (Lipinski definition) is 0. The molecule has 8 atom stereocenters. The maximum absolute atomic E-state index is 12.6. The molecule has 0 bridgehead atoms. The third-order valence-corrected chi connectivity index (χ3v) is 10.3. The monoisotopic (exact) mass is 452 g/mol. The van der Waals surface area contributed by atoms with Gasteiger partial charge in [-0.05, 0) is 91.9 Å². The molecule has 4 heteroatoms. The number of hydrogen-bond acceptors (Lipinski definition) is 4. The van der Waals surface area contributed by atoms with Crippen LogP contribution in [0.3, 0.4) is 0 Å². The van der Waals surface area contributed by atoms with Gasteiger partial charge in [0.15, 0.2) is 6.10 Å². The Morgan fingerprint density at radius 1 is 1.00 bits per heavy atom. The van der Waals surface area contributed by atoms with E-state index in [1.807, 2.05) is 37.3 Å². The number of esters is 1. The van der Waals surface area contributed by atoms with Crippen LogP contribution in [0.4, 0.5) is 0 Å². The number of benzene rings is 1. The van der Waals surface area contributed by atoms with Gasteiger partial charge in [-0.1, -0.05) is 44.2 Å². The average Bonchev–Trinajstić information content (AvgIpc) is 3.14. The van der Waals surface area contributed by atoms with Gasteiger partial charge in [0, 0.05) is 12.8 Å². The summed E-state index contributed by atoms with van der Waals surface area (Å²) in [6.45, 7) is 7.06. The van der Waals surface area contributed by atoms with Crippen LogP contribution in [-0.2, 0) is 25.7 Å². The normalized spacial score (nSPS) is 40.9. The lowest BCUT2D eigenvalue weighted by molar-refractivity contribution is -0.172. The molecule has 1 aromatic rings. The van der Waals surface area contributed by atoms with Crippen LogP contribution in [-0.4, -0.2) is 24.0 Å². The zero-order chi connectivity index (χ0) is 23.2. The third-order valence-electron chi connectivity index (χ3n) is 10.3. The van der Waals surface area contributed by atoms with Crippen LogP contribution in [0.25, 0.3) is 0 Å². The molecule has 180 valence electrons. The average molecular weight is 453 g/mol. The first-order chi connectivity index (χ1) is 15.8. The summed E-state index contributed by atoms with van der Waals surface area (Å²) in [5, 5.41) is 0. The van der Waals surface area contributed by atoms with Crippen LogP contribution in [0.1, 0.15) is 84.1 Å². The van der Waals surface area contributed by atoms with Crippen molar-refractivity contribution in [3.05, 3.63) is 35.9 Å². The van der Waals surface area contributed by atoms with Gasteiger partial charge in [-0.2, -0.15) is 0 Å². The van der Waals surface area contributed by atoms with Crippen molar-refractivity contribution in [2.75, 3.05) is 0 Å². The predicted octanol–water partition coefficient (Wildman–Crippen LogP) is 6.12. The van der Waals surface area contributed by atoms with Crippen LogP contribution >= 0.6 is 0 Å². The van der Waals surface area contributed by atoms with Crippen molar-refractivity contribution < 1.29 is 19.1 Å². The number of rotatable bonds is 5. The van der Waals surface area contributed by atoms with Crippen molar-refractivity contribution in [1.29, 1.82) is 0 Å². The molecule has 4 saturated carbocycles. The van der Waals surface area contributed by atoms with Crippen LogP contribution in [0.15, 0.2) is 30.3 Å². The van der Waals surface area contributed by atoms with Crippen molar-refractivity contribution >= 4 is 11.8 Å². The largest absolute Gasteiger partial charge is 0.459 e. The Labute approximate surface area is 198 Å². The lowest BCUT2D eigenvalue weighted by Gasteiger charge is -2.60. The van der Waals surface area contributed by atoms with E-state index < -0.39 is 6.10 Å². The molecule has 33 heavy (non-hydrogen) atoms.